The van der Waals surface area contributed by atoms with E-state index in [0.29, 0.717) is 28.3 Å². The maximum atomic E-state index is 12.8. The lowest BCUT2D eigenvalue weighted by Gasteiger charge is -2.35. The Bertz CT molecular complexity index is 843. The summed E-state index contributed by atoms with van der Waals surface area (Å²) in [5.41, 5.74) is 1.29. The second-order valence-electron chi connectivity index (χ2n) is 7.51. The van der Waals surface area contributed by atoms with Gasteiger partial charge in [0.2, 0.25) is 0 Å². The number of carbonyl (C=O) groups excluding carboxylic acids is 2. The van der Waals surface area contributed by atoms with E-state index in [0.717, 1.165) is 26.1 Å². The zero-order valence-corrected chi connectivity index (χ0v) is 17.6. The van der Waals surface area contributed by atoms with E-state index >= 15 is 0 Å². The summed E-state index contributed by atoms with van der Waals surface area (Å²) in [7, 11) is 0. The Morgan fingerprint density at radius 2 is 1.66 bits per heavy atom. The van der Waals surface area contributed by atoms with Gasteiger partial charge in [-0.15, -0.1) is 0 Å². The van der Waals surface area contributed by atoms with Gasteiger partial charge in [0, 0.05) is 42.3 Å². The van der Waals surface area contributed by atoms with Gasteiger partial charge < -0.3 is 10.1 Å². The van der Waals surface area contributed by atoms with Crippen molar-refractivity contribution in [3.05, 3.63) is 70.2 Å². The Kier molecular flexibility index (Phi) is 7.42. The Labute approximate surface area is 177 Å². The lowest BCUT2D eigenvalue weighted by atomic mass is 9.98. The summed E-state index contributed by atoms with van der Waals surface area (Å²) in [6.45, 7) is 7.46. The van der Waals surface area contributed by atoms with Crippen molar-refractivity contribution in [1.29, 1.82) is 0 Å². The number of hydrogen-bond acceptors (Lipinski definition) is 4. The highest BCUT2D eigenvalue weighted by atomic mass is 35.5. The SMILES string of the molecule is CC1CN(CCCNC(=O)c2ccccc2C(=O)c2ccc(Cl)cc2)CC(C)O1. The number of amides is 1. The van der Waals surface area contributed by atoms with Crippen LogP contribution in [0.25, 0.3) is 0 Å². The third-order valence-corrected chi connectivity index (χ3v) is 5.21. The van der Waals surface area contributed by atoms with Crippen molar-refractivity contribution in [2.75, 3.05) is 26.2 Å². The fourth-order valence-corrected chi connectivity index (χ4v) is 3.83. The minimum Gasteiger partial charge on any atom is -0.373 e. The number of nitrogens with one attached hydrogen (secondary N) is 1. The lowest BCUT2D eigenvalue weighted by Crippen LogP contribution is -2.46. The van der Waals surface area contributed by atoms with Crippen LogP contribution < -0.4 is 5.32 Å². The van der Waals surface area contributed by atoms with Gasteiger partial charge in [0.25, 0.3) is 5.91 Å². The maximum Gasteiger partial charge on any atom is 0.252 e. The van der Waals surface area contributed by atoms with E-state index < -0.39 is 0 Å². The average molecular weight is 415 g/mol. The number of morpholine rings is 1. The van der Waals surface area contributed by atoms with Gasteiger partial charge in [-0.3, -0.25) is 14.5 Å². The number of hydrogen-bond donors (Lipinski definition) is 1. The maximum absolute atomic E-state index is 12.8. The zero-order chi connectivity index (χ0) is 20.8. The van der Waals surface area contributed by atoms with Crippen molar-refractivity contribution in [1.82, 2.24) is 10.2 Å². The average Bonchev–Trinajstić information content (AvgIpc) is 2.70. The van der Waals surface area contributed by atoms with Crippen molar-refractivity contribution in [3.8, 4) is 0 Å². The first-order valence-corrected chi connectivity index (χ1v) is 10.4. The molecule has 29 heavy (non-hydrogen) atoms. The molecule has 1 N–H and O–H groups in total. The van der Waals surface area contributed by atoms with Crippen LogP contribution in [0.2, 0.25) is 5.02 Å². The van der Waals surface area contributed by atoms with Gasteiger partial charge in [0.1, 0.15) is 0 Å². The topological polar surface area (TPSA) is 58.6 Å². The molecule has 2 atom stereocenters. The van der Waals surface area contributed by atoms with Crippen LogP contribution in [0.4, 0.5) is 0 Å². The largest absolute Gasteiger partial charge is 0.373 e. The molecule has 154 valence electrons. The fourth-order valence-electron chi connectivity index (χ4n) is 3.70. The predicted molar refractivity (Wildman–Crippen MR) is 115 cm³/mol. The number of rotatable bonds is 7. The van der Waals surface area contributed by atoms with Crippen molar-refractivity contribution < 1.29 is 14.3 Å². The molecule has 2 aromatic rings. The molecule has 1 heterocycles. The molecule has 0 aliphatic carbocycles. The van der Waals surface area contributed by atoms with Gasteiger partial charge in [0.15, 0.2) is 5.78 Å². The van der Waals surface area contributed by atoms with Gasteiger partial charge in [0.05, 0.1) is 17.8 Å². The number of ketones is 1. The van der Waals surface area contributed by atoms with Crippen molar-refractivity contribution in [3.63, 3.8) is 0 Å². The summed E-state index contributed by atoms with van der Waals surface area (Å²) in [6.07, 6.45) is 1.32. The first-order valence-electron chi connectivity index (χ1n) is 9.99. The Morgan fingerprint density at radius 3 is 2.31 bits per heavy atom. The molecule has 1 aliphatic rings. The standard InChI is InChI=1S/C23H27ClN2O3/c1-16-14-26(15-17(2)29-16)13-5-12-25-23(28)21-7-4-3-6-20(21)22(27)18-8-10-19(24)11-9-18/h3-4,6-11,16-17H,5,12-15H2,1-2H3,(H,25,28). The van der Waals surface area contributed by atoms with E-state index in [2.05, 4.69) is 24.1 Å². The first kappa shape index (κ1) is 21.5. The second-order valence-corrected chi connectivity index (χ2v) is 7.94. The van der Waals surface area contributed by atoms with Crippen LogP contribution in [0, 0.1) is 0 Å². The summed E-state index contributed by atoms with van der Waals surface area (Å²) in [4.78, 5) is 27.9. The molecule has 1 saturated heterocycles. The third kappa shape index (κ3) is 5.89. The monoisotopic (exact) mass is 414 g/mol. The molecular weight excluding hydrogens is 388 g/mol. The molecular formula is C23H27ClN2O3. The zero-order valence-electron chi connectivity index (χ0n) is 16.9. The molecule has 6 heteroatoms. The molecule has 0 saturated carbocycles. The highest BCUT2D eigenvalue weighted by molar-refractivity contribution is 6.30. The number of halogens is 1. The summed E-state index contributed by atoms with van der Waals surface area (Å²) >= 11 is 5.90. The van der Waals surface area contributed by atoms with Crippen LogP contribution in [0.1, 0.15) is 46.5 Å². The van der Waals surface area contributed by atoms with Crippen molar-refractivity contribution in [2.45, 2.75) is 32.5 Å². The van der Waals surface area contributed by atoms with Gasteiger partial charge in [-0.25, -0.2) is 0 Å². The molecule has 2 unspecified atom stereocenters. The van der Waals surface area contributed by atoms with Crippen LogP contribution in [0.15, 0.2) is 48.5 Å². The molecule has 1 aliphatic heterocycles. The van der Waals surface area contributed by atoms with Crippen LogP contribution in [0.3, 0.4) is 0 Å². The highest BCUT2D eigenvalue weighted by Crippen LogP contribution is 2.17. The number of ether oxygens (including phenoxy) is 1. The van der Waals surface area contributed by atoms with E-state index in [1.165, 1.54) is 0 Å². The Balaban J connectivity index is 1.57. The number of nitrogens with zero attached hydrogens (tertiary/aromatic N) is 1. The van der Waals surface area contributed by atoms with E-state index in [1.54, 1.807) is 48.5 Å². The minimum atomic E-state index is -0.230. The summed E-state index contributed by atoms with van der Waals surface area (Å²) in [5.74, 6) is -0.421. The van der Waals surface area contributed by atoms with Crippen LogP contribution >= 0.6 is 11.6 Å². The molecule has 2 aromatic carbocycles. The molecule has 0 bridgehead atoms. The van der Waals surface area contributed by atoms with E-state index in [4.69, 9.17) is 16.3 Å². The molecule has 0 spiro atoms. The second kappa shape index (κ2) is 10.0. The number of carbonyl (C=O) groups is 2. The van der Waals surface area contributed by atoms with Crippen molar-refractivity contribution >= 4 is 23.3 Å². The Morgan fingerprint density at radius 1 is 1.03 bits per heavy atom. The fraction of sp³-hybridized carbons (Fsp3) is 0.391. The summed E-state index contributed by atoms with van der Waals surface area (Å²) in [6, 6.07) is 13.6. The lowest BCUT2D eigenvalue weighted by molar-refractivity contribution is -0.0680. The predicted octanol–water partition coefficient (Wildman–Crippen LogP) is 3.80. The van der Waals surface area contributed by atoms with Crippen LogP contribution in [-0.4, -0.2) is 55.0 Å². The smallest absolute Gasteiger partial charge is 0.252 e. The van der Waals surface area contributed by atoms with Crippen molar-refractivity contribution in [2.24, 2.45) is 0 Å². The Hall–Kier alpha value is -2.21. The first-order chi connectivity index (χ1) is 13.9. The third-order valence-electron chi connectivity index (χ3n) is 4.95. The van der Waals surface area contributed by atoms with Gasteiger partial charge in [-0.2, -0.15) is 0 Å². The number of benzene rings is 2. The highest BCUT2D eigenvalue weighted by Gasteiger charge is 2.22. The van der Waals surface area contributed by atoms with Gasteiger partial charge in [-0.1, -0.05) is 29.8 Å². The van der Waals surface area contributed by atoms with Crippen LogP contribution in [0.5, 0.6) is 0 Å². The van der Waals surface area contributed by atoms with E-state index in [-0.39, 0.29) is 23.9 Å². The quantitative estimate of drug-likeness (QED) is 0.553. The van der Waals surface area contributed by atoms with Gasteiger partial charge >= 0.3 is 0 Å². The molecule has 1 amide bonds. The van der Waals surface area contributed by atoms with Crippen LogP contribution in [-0.2, 0) is 4.74 Å². The molecule has 0 radical (unpaired) electrons. The van der Waals surface area contributed by atoms with E-state index in [9.17, 15) is 9.59 Å². The minimum absolute atomic E-state index is 0.191. The molecule has 3 rings (SSSR count). The summed E-state index contributed by atoms with van der Waals surface area (Å²) in [5, 5.41) is 3.51. The molecule has 0 aromatic heterocycles. The normalized spacial score (nSPS) is 19.7. The summed E-state index contributed by atoms with van der Waals surface area (Å²) < 4.78 is 5.75. The molecule has 5 nitrogen and oxygen atoms in total. The van der Waals surface area contributed by atoms with Gasteiger partial charge in [-0.05, 0) is 50.6 Å². The molecule has 1 fully saturated rings. The van der Waals surface area contributed by atoms with E-state index in [1.807, 2.05) is 0 Å².